The minimum absolute atomic E-state index is 0.0134. The minimum Gasteiger partial charge on any atom is -0.477 e. The van der Waals surface area contributed by atoms with Crippen molar-refractivity contribution in [3.63, 3.8) is 0 Å². The normalized spacial score (nSPS) is 11.2. The number of carboxylic acid groups (broad SMARTS) is 1. The summed E-state index contributed by atoms with van der Waals surface area (Å²) in [5.41, 5.74) is 0.0486. The zero-order valence-electron chi connectivity index (χ0n) is 9.33. The van der Waals surface area contributed by atoms with Gasteiger partial charge in [0.25, 0.3) is 10.0 Å². The molecule has 0 spiro atoms. The van der Waals surface area contributed by atoms with Gasteiger partial charge in [0.2, 0.25) is 0 Å². The Balaban J connectivity index is 2.34. The van der Waals surface area contributed by atoms with Gasteiger partial charge in [0.1, 0.15) is 4.88 Å². The van der Waals surface area contributed by atoms with Crippen LogP contribution in [0.4, 0.5) is 5.69 Å². The highest BCUT2D eigenvalue weighted by Crippen LogP contribution is 2.25. The maximum absolute atomic E-state index is 12.0. The van der Waals surface area contributed by atoms with Crippen LogP contribution in [0, 0.1) is 0 Å². The Morgan fingerprint density at radius 3 is 2.42 bits per heavy atom. The number of anilines is 1. The third-order valence-electron chi connectivity index (χ3n) is 2.23. The highest BCUT2D eigenvalue weighted by Gasteiger charge is 2.19. The lowest BCUT2D eigenvalue weighted by Crippen LogP contribution is -2.14. The molecule has 0 radical (unpaired) electrons. The van der Waals surface area contributed by atoms with Crippen molar-refractivity contribution in [3.8, 4) is 0 Å². The van der Waals surface area contributed by atoms with E-state index in [2.05, 4.69) is 4.72 Å². The summed E-state index contributed by atoms with van der Waals surface area (Å²) in [6, 6.07) is 6.99. The van der Waals surface area contributed by atoms with Crippen LogP contribution < -0.4 is 4.72 Å². The Labute approximate surface area is 118 Å². The largest absolute Gasteiger partial charge is 0.477 e. The minimum atomic E-state index is -3.82. The van der Waals surface area contributed by atoms with Crippen molar-refractivity contribution in [1.82, 2.24) is 0 Å². The molecule has 2 aromatic rings. The Hall–Kier alpha value is -1.57. The molecule has 19 heavy (non-hydrogen) atoms. The number of hydrogen-bond acceptors (Lipinski definition) is 4. The number of hydrogen-bond donors (Lipinski definition) is 2. The predicted octanol–water partition coefficient (Wildman–Crippen LogP) is 2.90. The van der Waals surface area contributed by atoms with Crippen molar-refractivity contribution in [2.45, 2.75) is 4.90 Å². The average Bonchev–Trinajstić information content (AvgIpc) is 2.77. The van der Waals surface area contributed by atoms with Crippen LogP contribution in [-0.4, -0.2) is 19.5 Å². The zero-order valence-corrected chi connectivity index (χ0v) is 11.7. The Morgan fingerprint density at radius 1 is 1.21 bits per heavy atom. The summed E-state index contributed by atoms with van der Waals surface area (Å²) < 4.78 is 26.3. The summed E-state index contributed by atoms with van der Waals surface area (Å²) in [6.45, 7) is 0. The fraction of sp³-hybridized carbons (Fsp3) is 0. The number of halogens is 1. The van der Waals surface area contributed by atoms with Crippen LogP contribution >= 0.6 is 22.9 Å². The molecule has 5 nitrogen and oxygen atoms in total. The summed E-state index contributed by atoms with van der Waals surface area (Å²) in [7, 11) is -3.82. The number of sulfonamides is 1. The molecule has 0 bridgehead atoms. The molecule has 1 heterocycles. The van der Waals surface area contributed by atoms with E-state index in [9.17, 15) is 13.2 Å². The van der Waals surface area contributed by atoms with Crippen LogP contribution in [0.15, 0.2) is 40.6 Å². The van der Waals surface area contributed by atoms with Crippen LogP contribution in [-0.2, 0) is 10.0 Å². The summed E-state index contributed by atoms with van der Waals surface area (Å²) in [6.07, 6.45) is 0. The molecule has 0 aliphatic rings. The van der Waals surface area contributed by atoms with E-state index >= 15 is 0 Å². The smallest absolute Gasteiger partial charge is 0.348 e. The second-order valence-corrected chi connectivity index (χ2v) is 6.56. The topological polar surface area (TPSA) is 83.5 Å². The number of carbonyl (C=O) groups is 1. The number of aromatic carboxylic acids is 1. The highest BCUT2D eigenvalue weighted by molar-refractivity contribution is 7.92. The van der Waals surface area contributed by atoms with Gasteiger partial charge in [-0.25, -0.2) is 13.2 Å². The fourth-order valence-corrected chi connectivity index (χ4v) is 3.32. The standard InChI is InChI=1S/C11H8ClNO4S2/c12-7-1-3-8(4-2-7)19(16,17)13-9-5-6-18-10(9)11(14)15/h1-6,13H,(H,14,15). The van der Waals surface area contributed by atoms with E-state index in [4.69, 9.17) is 16.7 Å². The summed E-state index contributed by atoms with van der Waals surface area (Å²) >= 11 is 6.63. The molecule has 0 atom stereocenters. The van der Waals surface area contributed by atoms with Gasteiger partial charge in [-0.2, -0.15) is 0 Å². The van der Waals surface area contributed by atoms with Gasteiger partial charge in [0, 0.05) is 5.02 Å². The molecule has 1 aromatic carbocycles. The van der Waals surface area contributed by atoms with Gasteiger partial charge in [-0.1, -0.05) is 11.6 Å². The lowest BCUT2D eigenvalue weighted by Gasteiger charge is -2.07. The number of rotatable bonds is 4. The average molecular weight is 318 g/mol. The second kappa shape index (κ2) is 5.20. The van der Waals surface area contributed by atoms with Gasteiger partial charge in [-0.05, 0) is 35.7 Å². The quantitative estimate of drug-likeness (QED) is 0.908. The van der Waals surface area contributed by atoms with Crippen LogP contribution in [0.5, 0.6) is 0 Å². The molecule has 0 amide bonds. The lowest BCUT2D eigenvalue weighted by atomic mass is 10.4. The first kappa shape index (κ1) is 13.9. The van der Waals surface area contributed by atoms with Crippen molar-refractivity contribution in [3.05, 3.63) is 45.6 Å². The maximum atomic E-state index is 12.0. The Bertz CT molecular complexity index is 707. The molecule has 2 rings (SSSR count). The molecule has 2 N–H and O–H groups in total. The molecular weight excluding hydrogens is 310 g/mol. The number of benzene rings is 1. The molecule has 0 unspecified atom stereocenters. The maximum Gasteiger partial charge on any atom is 0.348 e. The van der Waals surface area contributed by atoms with E-state index in [0.29, 0.717) is 5.02 Å². The van der Waals surface area contributed by atoms with Crippen LogP contribution in [0.3, 0.4) is 0 Å². The van der Waals surface area contributed by atoms with E-state index in [0.717, 1.165) is 11.3 Å². The number of thiophene rings is 1. The molecule has 0 saturated heterocycles. The lowest BCUT2D eigenvalue weighted by molar-refractivity contribution is 0.0703. The predicted molar refractivity (Wildman–Crippen MR) is 73.5 cm³/mol. The molecule has 0 fully saturated rings. The fourth-order valence-electron chi connectivity index (χ4n) is 1.37. The molecule has 0 saturated carbocycles. The monoisotopic (exact) mass is 317 g/mol. The third-order valence-corrected chi connectivity index (χ3v) is 4.76. The summed E-state index contributed by atoms with van der Waals surface area (Å²) in [5.74, 6) is -1.18. The van der Waals surface area contributed by atoms with Crippen molar-refractivity contribution < 1.29 is 18.3 Å². The Morgan fingerprint density at radius 2 is 1.84 bits per heavy atom. The van der Waals surface area contributed by atoms with Gasteiger partial charge >= 0.3 is 5.97 Å². The summed E-state index contributed by atoms with van der Waals surface area (Å²) in [4.78, 5) is 10.9. The van der Waals surface area contributed by atoms with Crippen LogP contribution in [0.1, 0.15) is 9.67 Å². The van der Waals surface area contributed by atoms with Gasteiger partial charge in [0.15, 0.2) is 0 Å². The Kier molecular flexibility index (Phi) is 3.79. The van der Waals surface area contributed by atoms with Gasteiger partial charge in [-0.15, -0.1) is 11.3 Å². The van der Waals surface area contributed by atoms with E-state index in [1.54, 1.807) is 0 Å². The van der Waals surface area contributed by atoms with E-state index < -0.39 is 16.0 Å². The molecule has 0 aliphatic heterocycles. The first-order chi connectivity index (χ1) is 8.90. The molecule has 1 aromatic heterocycles. The zero-order chi connectivity index (χ0) is 14.0. The number of carboxylic acids is 1. The van der Waals surface area contributed by atoms with Crippen molar-refractivity contribution in [2.75, 3.05) is 4.72 Å². The third kappa shape index (κ3) is 3.06. The first-order valence-corrected chi connectivity index (χ1v) is 7.73. The van der Waals surface area contributed by atoms with E-state index in [-0.39, 0.29) is 15.5 Å². The van der Waals surface area contributed by atoms with E-state index in [1.165, 1.54) is 35.7 Å². The molecule has 100 valence electrons. The van der Waals surface area contributed by atoms with Crippen molar-refractivity contribution in [2.24, 2.45) is 0 Å². The highest BCUT2D eigenvalue weighted by atomic mass is 35.5. The van der Waals surface area contributed by atoms with Crippen molar-refractivity contribution in [1.29, 1.82) is 0 Å². The van der Waals surface area contributed by atoms with Gasteiger partial charge in [-0.3, -0.25) is 4.72 Å². The van der Waals surface area contributed by atoms with Crippen molar-refractivity contribution >= 4 is 44.6 Å². The SMILES string of the molecule is O=C(O)c1sccc1NS(=O)(=O)c1ccc(Cl)cc1. The van der Waals surface area contributed by atoms with Gasteiger partial charge < -0.3 is 5.11 Å². The second-order valence-electron chi connectivity index (χ2n) is 3.53. The first-order valence-electron chi connectivity index (χ1n) is 4.99. The molecular formula is C11H8ClNO4S2. The van der Waals surface area contributed by atoms with Gasteiger partial charge in [0.05, 0.1) is 10.6 Å². The molecule has 8 heteroatoms. The van der Waals surface area contributed by atoms with Crippen LogP contribution in [0.25, 0.3) is 0 Å². The summed E-state index contributed by atoms with van der Waals surface area (Å²) in [5, 5.41) is 10.8. The number of nitrogens with one attached hydrogen (secondary N) is 1. The van der Waals surface area contributed by atoms with E-state index in [1.807, 2.05) is 0 Å². The van der Waals surface area contributed by atoms with Crippen LogP contribution in [0.2, 0.25) is 5.02 Å². The molecule has 0 aliphatic carbocycles.